The van der Waals surface area contributed by atoms with E-state index in [-0.39, 0.29) is 6.42 Å². The van der Waals surface area contributed by atoms with Gasteiger partial charge in [-0.3, -0.25) is 9.59 Å². The largest absolute Gasteiger partial charge is 0.511 e. The van der Waals surface area contributed by atoms with Gasteiger partial charge in [-0.2, -0.15) is 4.89 Å². The molecule has 0 aromatic heterocycles. The van der Waals surface area contributed by atoms with E-state index in [4.69, 9.17) is 20.2 Å². The molecule has 0 fully saturated rings. The predicted octanol–water partition coefficient (Wildman–Crippen LogP) is -0.0771. The van der Waals surface area contributed by atoms with Crippen LogP contribution in [0.1, 0.15) is 12.8 Å². The van der Waals surface area contributed by atoms with Gasteiger partial charge < -0.3 is 20.6 Å². The van der Waals surface area contributed by atoms with Gasteiger partial charge in [0.25, 0.3) is 0 Å². The van der Waals surface area contributed by atoms with Crippen LogP contribution in [0.3, 0.4) is 0 Å². The summed E-state index contributed by atoms with van der Waals surface area (Å²) in [5.74, 6) is -4.08. The van der Waals surface area contributed by atoms with E-state index >= 15 is 0 Å². The first kappa shape index (κ1) is 16.3. The zero-order valence-electron chi connectivity index (χ0n) is 9.15. The van der Waals surface area contributed by atoms with Crippen LogP contribution in [0.5, 0.6) is 0 Å². The summed E-state index contributed by atoms with van der Waals surface area (Å²) < 4.78 is 11.0. The molecule has 3 atom stereocenters. The van der Waals surface area contributed by atoms with E-state index < -0.39 is 50.6 Å². The number of hydrogen-bond donors (Lipinski definition) is 5. The summed E-state index contributed by atoms with van der Waals surface area (Å²) in [6.07, 6.45) is -2.29. The fourth-order valence-corrected chi connectivity index (χ4v) is 2.16. The lowest BCUT2D eigenvalue weighted by atomic mass is 9.99. The Morgan fingerprint density at radius 2 is 1.72 bits per heavy atom. The molecule has 3 unspecified atom stereocenters. The van der Waals surface area contributed by atoms with Gasteiger partial charge in [0, 0.05) is 6.42 Å². The topological polar surface area (TPSA) is 161 Å². The predicted molar refractivity (Wildman–Crippen MR) is 57.6 cm³/mol. The van der Waals surface area contributed by atoms with Gasteiger partial charge in [0.15, 0.2) is 0 Å². The van der Waals surface area contributed by atoms with Gasteiger partial charge in [0.2, 0.25) is 5.66 Å². The molecular formula is C8H13NO8P+. The average Bonchev–Trinajstić information content (AvgIpc) is 2.20. The molecule has 0 rings (SSSR count). The summed E-state index contributed by atoms with van der Waals surface area (Å²) in [6.45, 7) is -0.530. The molecule has 0 aliphatic heterocycles. The minimum Gasteiger partial charge on any atom is -0.481 e. The highest BCUT2D eigenvalue weighted by Crippen LogP contribution is 2.31. The van der Waals surface area contributed by atoms with E-state index in [1.807, 2.05) is 5.32 Å². The molecule has 0 aliphatic rings. The normalized spacial score (nSPS) is 14.4. The van der Waals surface area contributed by atoms with Crippen molar-refractivity contribution in [3.8, 4) is 0 Å². The van der Waals surface area contributed by atoms with Crippen LogP contribution in [0.15, 0.2) is 0 Å². The molecular weight excluding hydrogens is 269 g/mol. The fourth-order valence-electron chi connectivity index (χ4n) is 1.33. The minimum absolute atomic E-state index is 0.349. The van der Waals surface area contributed by atoms with Crippen LogP contribution in [0.4, 0.5) is 4.79 Å². The third-order valence-corrected chi connectivity index (χ3v) is 3.31. The number of amides is 1. The van der Waals surface area contributed by atoms with Crippen molar-refractivity contribution in [2.45, 2.75) is 18.5 Å². The maximum absolute atomic E-state index is 11.0. The number of carboxylic acids is 2. The van der Waals surface area contributed by atoms with E-state index in [2.05, 4.69) is 0 Å². The van der Waals surface area contributed by atoms with E-state index in [1.54, 1.807) is 0 Å². The van der Waals surface area contributed by atoms with E-state index in [9.17, 15) is 18.9 Å². The van der Waals surface area contributed by atoms with Gasteiger partial charge in [-0.05, 0) is 11.0 Å². The molecule has 0 bridgehead atoms. The molecule has 0 saturated carbocycles. The summed E-state index contributed by atoms with van der Waals surface area (Å²) in [7, 11) is -2.95. The van der Waals surface area contributed by atoms with Crippen LogP contribution in [0.25, 0.3) is 0 Å². The molecule has 102 valence electrons. The summed E-state index contributed by atoms with van der Waals surface area (Å²) in [5.41, 5.74) is -1.37. The van der Waals surface area contributed by atoms with Crippen LogP contribution in [-0.4, -0.2) is 50.4 Å². The van der Waals surface area contributed by atoms with Crippen LogP contribution >= 0.6 is 8.03 Å². The van der Waals surface area contributed by atoms with Crippen LogP contribution in [0.2, 0.25) is 0 Å². The monoisotopic (exact) mass is 282 g/mol. The molecule has 0 heterocycles. The number of hydrogen-bond acceptors (Lipinski definition) is 4. The first-order chi connectivity index (χ1) is 8.25. The van der Waals surface area contributed by atoms with Crippen molar-refractivity contribution in [3.63, 3.8) is 0 Å². The summed E-state index contributed by atoms with van der Waals surface area (Å²) >= 11 is 0. The van der Waals surface area contributed by atoms with Crippen LogP contribution in [0, 0.1) is 5.92 Å². The maximum Gasteiger partial charge on any atom is 0.511 e. The summed E-state index contributed by atoms with van der Waals surface area (Å²) in [5, 5.41) is 27.5. The Hall–Kier alpha value is -1.73. The van der Waals surface area contributed by atoms with Crippen molar-refractivity contribution in [3.05, 3.63) is 0 Å². The molecule has 0 saturated heterocycles. The Kier molecular flexibility index (Phi) is 6.84. The van der Waals surface area contributed by atoms with E-state index in [1.165, 1.54) is 0 Å². The fraction of sp³-hybridized carbons (Fsp3) is 0.625. The Labute approximate surface area is 102 Å². The highest BCUT2D eigenvalue weighted by molar-refractivity contribution is 7.39. The quantitative estimate of drug-likeness (QED) is 0.386. The lowest BCUT2D eigenvalue weighted by Crippen LogP contribution is -2.37. The molecule has 9 nitrogen and oxygen atoms in total. The number of carboxylic acid groups (broad SMARTS) is 3. The van der Waals surface area contributed by atoms with E-state index in [0.717, 1.165) is 0 Å². The molecule has 0 aromatic carbocycles. The second-order valence-electron chi connectivity index (χ2n) is 3.43. The number of carbonyl (C=O) groups is 3. The smallest absolute Gasteiger partial charge is 0.481 e. The SMILES string of the molecule is O=C(O)CCC(C(=O)O)C(CNC(=O)O)[P+](=O)O. The standard InChI is InChI=1S/C8H12NO8P/c10-6(11)2-1-4(7(12)13)5(18(16)17)3-9-8(14)15/h4-5,9H,1-3H2,(H3-,10,11,12,13,14,15,16,17)/p+1. The van der Waals surface area contributed by atoms with Gasteiger partial charge >= 0.3 is 26.1 Å². The zero-order valence-corrected chi connectivity index (χ0v) is 10.0. The number of nitrogens with one attached hydrogen (secondary N) is 1. The molecule has 0 spiro atoms. The Morgan fingerprint density at radius 1 is 1.17 bits per heavy atom. The third-order valence-electron chi connectivity index (χ3n) is 2.20. The number of aliphatic carboxylic acids is 2. The lowest BCUT2D eigenvalue weighted by molar-refractivity contribution is -0.143. The third kappa shape index (κ3) is 6.12. The Balaban J connectivity index is 4.76. The first-order valence-electron chi connectivity index (χ1n) is 4.82. The molecule has 0 aromatic rings. The van der Waals surface area contributed by atoms with Crippen molar-refractivity contribution in [1.29, 1.82) is 0 Å². The van der Waals surface area contributed by atoms with Crippen molar-refractivity contribution < 1.29 is 39.2 Å². The van der Waals surface area contributed by atoms with Gasteiger partial charge in [0.1, 0.15) is 5.92 Å². The highest BCUT2D eigenvalue weighted by Gasteiger charge is 2.42. The zero-order chi connectivity index (χ0) is 14.3. The molecule has 0 aliphatic carbocycles. The maximum atomic E-state index is 11.0. The van der Waals surface area contributed by atoms with Crippen molar-refractivity contribution in [1.82, 2.24) is 5.32 Å². The van der Waals surface area contributed by atoms with Gasteiger partial charge in [0.05, 0.1) is 6.54 Å². The molecule has 0 radical (unpaired) electrons. The van der Waals surface area contributed by atoms with E-state index in [0.29, 0.717) is 0 Å². The van der Waals surface area contributed by atoms with Crippen LogP contribution in [-0.2, 0) is 14.2 Å². The van der Waals surface area contributed by atoms with Gasteiger partial charge in [-0.1, -0.05) is 0 Å². The molecule has 5 N–H and O–H groups in total. The van der Waals surface area contributed by atoms with Crippen molar-refractivity contribution >= 4 is 26.1 Å². The minimum atomic E-state index is -2.95. The first-order valence-corrected chi connectivity index (χ1v) is 6.10. The second-order valence-corrected chi connectivity index (χ2v) is 4.70. The van der Waals surface area contributed by atoms with Crippen molar-refractivity contribution in [2.24, 2.45) is 5.92 Å². The van der Waals surface area contributed by atoms with Gasteiger partial charge in [-0.15, -0.1) is 0 Å². The molecule has 18 heavy (non-hydrogen) atoms. The average molecular weight is 282 g/mol. The van der Waals surface area contributed by atoms with Gasteiger partial charge in [-0.25, -0.2) is 4.79 Å². The second kappa shape index (κ2) is 7.57. The summed E-state index contributed by atoms with van der Waals surface area (Å²) in [6, 6.07) is 0. The lowest BCUT2D eigenvalue weighted by Gasteiger charge is -2.13. The molecule has 10 heteroatoms. The molecule has 1 amide bonds. The van der Waals surface area contributed by atoms with Crippen molar-refractivity contribution in [2.75, 3.05) is 6.54 Å². The van der Waals surface area contributed by atoms with Crippen LogP contribution < -0.4 is 5.32 Å². The highest BCUT2D eigenvalue weighted by atomic mass is 31.1. The Bertz CT molecular complexity index is 323. The summed E-state index contributed by atoms with van der Waals surface area (Å²) in [4.78, 5) is 40.5. The number of rotatable bonds is 8. The Morgan fingerprint density at radius 3 is 2.06 bits per heavy atom.